The summed E-state index contributed by atoms with van der Waals surface area (Å²) in [6.07, 6.45) is 5.73. The van der Waals surface area contributed by atoms with Crippen LogP contribution < -0.4 is 5.73 Å². The summed E-state index contributed by atoms with van der Waals surface area (Å²) in [4.78, 5) is 9.95. The van der Waals surface area contributed by atoms with E-state index in [1.54, 1.807) is 17.7 Å². The van der Waals surface area contributed by atoms with Gasteiger partial charge in [-0.3, -0.25) is 0 Å². The van der Waals surface area contributed by atoms with Gasteiger partial charge < -0.3 is 10.3 Å². The Hall–Kier alpha value is -1.20. The molecule has 0 aliphatic heterocycles. The van der Waals surface area contributed by atoms with Crippen molar-refractivity contribution in [3.63, 3.8) is 0 Å². The van der Waals surface area contributed by atoms with Gasteiger partial charge in [-0.2, -0.15) is 0 Å². The fourth-order valence-electron chi connectivity index (χ4n) is 1.65. The molecule has 0 unspecified atom stereocenters. The summed E-state index contributed by atoms with van der Waals surface area (Å²) in [6, 6.07) is 0. The zero-order chi connectivity index (χ0) is 11.5. The molecule has 0 amide bonds. The number of aromatic nitrogens is 3. The second-order valence-corrected chi connectivity index (χ2v) is 4.82. The molecular weight excluding hydrogens is 220 g/mol. The van der Waals surface area contributed by atoms with Crippen LogP contribution in [0.4, 0.5) is 0 Å². The molecule has 0 spiro atoms. The number of hydrogen-bond acceptors (Lipinski definition) is 4. The van der Waals surface area contributed by atoms with Crippen LogP contribution >= 0.6 is 11.3 Å². The summed E-state index contributed by atoms with van der Waals surface area (Å²) in [5.74, 6) is 0. The van der Waals surface area contributed by atoms with Crippen molar-refractivity contribution in [2.24, 2.45) is 12.8 Å². The molecule has 0 aliphatic rings. The zero-order valence-corrected chi connectivity index (χ0v) is 10.4. The van der Waals surface area contributed by atoms with Crippen molar-refractivity contribution in [3.8, 4) is 10.7 Å². The van der Waals surface area contributed by atoms with Gasteiger partial charge in [-0.25, -0.2) is 9.97 Å². The van der Waals surface area contributed by atoms with E-state index in [2.05, 4.69) is 16.9 Å². The van der Waals surface area contributed by atoms with Gasteiger partial charge in [0.15, 0.2) is 0 Å². The first kappa shape index (κ1) is 11.3. The number of nitrogens with two attached hydrogens (primary N) is 1. The molecule has 2 aromatic rings. The van der Waals surface area contributed by atoms with Crippen LogP contribution in [-0.4, -0.2) is 14.5 Å². The maximum atomic E-state index is 5.73. The van der Waals surface area contributed by atoms with E-state index in [9.17, 15) is 0 Å². The molecule has 0 saturated heterocycles. The number of imidazole rings is 1. The normalized spacial score (nSPS) is 10.9. The van der Waals surface area contributed by atoms with Crippen molar-refractivity contribution in [2.75, 3.05) is 0 Å². The Morgan fingerprint density at radius 2 is 2.31 bits per heavy atom. The molecule has 4 nitrogen and oxygen atoms in total. The fourth-order valence-corrected chi connectivity index (χ4v) is 2.69. The van der Waals surface area contributed by atoms with Gasteiger partial charge in [-0.1, -0.05) is 13.3 Å². The molecule has 0 fully saturated rings. The first-order valence-electron chi connectivity index (χ1n) is 5.41. The third kappa shape index (κ3) is 2.01. The number of hydrogen-bond donors (Lipinski definition) is 1. The summed E-state index contributed by atoms with van der Waals surface area (Å²) in [7, 11) is 1.98. The predicted octanol–water partition coefficient (Wildman–Crippen LogP) is 1.95. The van der Waals surface area contributed by atoms with Crippen LogP contribution in [0.3, 0.4) is 0 Å². The average Bonchev–Trinajstić information content (AvgIpc) is 2.85. The standard InChI is InChI=1S/C11H16N4S/c1-3-4-8-10(5-12)16-11(14-8)9-6-13-7-15(9)2/h6-7H,3-5,12H2,1-2H3. The fraction of sp³-hybridized carbons (Fsp3) is 0.455. The Labute approximate surface area is 99.2 Å². The zero-order valence-electron chi connectivity index (χ0n) is 9.60. The molecule has 0 aromatic carbocycles. The van der Waals surface area contributed by atoms with Crippen LogP contribution in [0.15, 0.2) is 12.5 Å². The largest absolute Gasteiger partial charge is 0.332 e. The van der Waals surface area contributed by atoms with Gasteiger partial charge in [0.2, 0.25) is 0 Å². The van der Waals surface area contributed by atoms with E-state index in [0.29, 0.717) is 6.54 Å². The molecule has 5 heteroatoms. The highest BCUT2D eigenvalue weighted by molar-refractivity contribution is 7.15. The van der Waals surface area contributed by atoms with Crippen LogP contribution in [0, 0.1) is 0 Å². The minimum absolute atomic E-state index is 0.574. The highest BCUT2D eigenvalue weighted by atomic mass is 32.1. The lowest BCUT2D eigenvalue weighted by atomic mass is 10.2. The Kier molecular flexibility index (Phi) is 3.36. The Morgan fingerprint density at radius 1 is 1.50 bits per heavy atom. The second kappa shape index (κ2) is 4.76. The van der Waals surface area contributed by atoms with E-state index in [4.69, 9.17) is 5.73 Å². The Morgan fingerprint density at radius 3 is 2.88 bits per heavy atom. The van der Waals surface area contributed by atoms with Crippen molar-refractivity contribution in [3.05, 3.63) is 23.1 Å². The monoisotopic (exact) mass is 236 g/mol. The van der Waals surface area contributed by atoms with Gasteiger partial charge in [0.1, 0.15) is 5.01 Å². The molecule has 2 heterocycles. The molecule has 86 valence electrons. The quantitative estimate of drug-likeness (QED) is 0.882. The predicted molar refractivity (Wildman–Crippen MR) is 66.2 cm³/mol. The SMILES string of the molecule is CCCc1nc(-c2cncn2C)sc1CN. The second-order valence-electron chi connectivity index (χ2n) is 3.73. The lowest BCUT2D eigenvalue weighted by Gasteiger charge is -1.95. The molecular formula is C11H16N4S. The highest BCUT2D eigenvalue weighted by Crippen LogP contribution is 2.27. The minimum Gasteiger partial charge on any atom is -0.332 e. The van der Waals surface area contributed by atoms with Gasteiger partial charge in [0.25, 0.3) is 0 Å². The van der Waals surface area contributed by atoms with Crippen molar-refractivity contribution in [2.45, 2.75) is 26.3 Å². The van der Waals surface area contributed by atoms with E-state index < -0.39 is 0 Å². The molecule has 0 radical (unpaired) electrons. The van der Waals surface area contributed by atoms with Crippen molar-refractivity contribution < 1.29 is 0 Å². The molecule has 2 aromatic heterocycles. The van der Waals surface area contributed by atoms with E-state index in [-0.39, 0.29) is 0 Å². The van der Waals surface area contributed by atoms with Gasteiger partial charge in [-0.15, -0.1) is 11.3 Å². The highest BCUT2D eigenvalue weighted by Gasteiger charge is 2.12. The first-order valence-corrected chi connectivity index (χ1v) is 6.23. The van der Waals surface area contributed by atoms with Crippen LogP contribution in [-0.2, 0) is 20.0 Å². The third-order valence-electron chi connectivity index (χ3n) is 2.49. The first-order chi connectivity index (χ1) is 7.76. The van der Waals surface area contributed by atoms with Crippen LogP contribution in [0.2, 0.25) is 0 Å². The third-order valence-corrected chi connectivity index (χ3v) is 3.63. The summed E-state index contributed by atoms with van der Waals surface area (Å²) in [5, 5.41) is 1.02. The molecule has 2 rings (SSSR count). The number of rotatable bonds is 4. The minimum atomic E-state index is 0.574. The molecule has 0 aliphatic carbocycles. The van der Waals surface area contributed by atoms with Crippen molar-refractivity contribution in [1.29, 1.82) is 0 Å². The summed E-state index contributed by atoms with van der Waals surface area (Å²) in [6.45, 7) is 2.73. The maximum absolute atomic E-state index is 5.73. The van der Waals surface area contributed by atoms with Crippen LogP contribution in [0.25, 0.3) is 10.7 Å². The maximum Gasteiger partial charge on any atom is 0.142 e. The van der Waals surface area contributed by atoms with Crippen molar-refractivity contribution >= 4 is 11.3 Å². The summed E-state index contributed by atoms with van der Waals surface area (Å²) in [5.41, 5.74) is 7.94. The smallest absolute Gasteiger partial charge is 0.142 e. The van der Waals surface area contributed by atoms with Gasteiger partial charge >= 0.3 is 0 Å². The molecule has 0 saturated carbocycles. The van der Waals surface area contributed by atoms with E-state index in [1.165, 1.54) is 4.88 Å². The van der Waals surface area contributed by atoms with Crippen LogP contribution in [0.1, 0.15) is 23.9 Å². The van der Waals surface area contributed by atoms with Gasteiger partial charge in [-0.05, 0) is 6.42 Å². The lowest BCUT2D eigenvalue weighted by molar-refractivity contribution is 0.868. The molecule has 0 bridgehead atoms. The van der Waals surface area contributed by atoms with Crippen molar-refractivity contribution in [1.82, 2.24) is 14.5 Å². The van der Waals surface area contributed by atoms with Crippen LogP contribution in [0.5, 0.6) is 0 Å². The number of thiazole rings is 1. The number of nitrogens with zero attached hydrogens (tertiary/aromatic N) is 3. The topological polar surface area (TPSA) is 56.7 Å². The summed E-state index contributed by atoms with van der Waals surface area (Å²) >= 11 is 1.67. The molecule has 16 heavy (non-hydrogen) atoms. The van der Waals surface area contributed by atoms with E-state index in [1.807, 2.05) is 17.8 Å². The lowest BCUT2D eigenvalue weighted by Crippen LogP contribution is -1.97. The number of aryl methyl sites for hydroxylation is 2. The van der Waals surface area contributed by atoms with Gasteiger partial charge in [0.05, 0.1) is 23.9 Å². The Bertz CT molecular complexity index is 472. The Balaban J connectivity index is 2.39. The molecule has 2 N–H and O–H groups in total. The molecule has 0 atom stereocenters. The van der Waals surface area contributed by atoms with Gasteiger partial charge in [0, 0.05) is 18.5 Å². The average molecular weight is 236 g/mol. The van der Waals surface area contributed by atoms with E-state index in [0.717, 1.165) is 29.2 Å². The van der Waals surface area contributed by atoms with E-state index >= 15 is 0 Å². The summed E-state index contributed by atoms with van der Waals surface area (Å²) < 4.78 is 1.98.